The van der Waals surface area contributed by atoms with Gasteiger partial charge in [0.05, 0.1) is 5.71 Å². The van der Waals surface area contributed by atoms with Crippen LogP contribution in [0.15, 0.2) is 65.6 Å². The monoisotopic (exact) mass is 369 g/mol. The summed E-state index contributed by atoms with van der Waals surface area (Å²) in [5.41, 5.74) is 1.60. The normalized spacial score (nSPS) is 15.9. The van der Waals surface area contributed by atoms with E-state index in [0.717, 1.165) is 5.56 Å². The summed E-state index contributed by atoms with van der Waals surface area (Å²) in [6, 6.07) is 9.79. The number of aliphatic hydroxyl groups is 1. The second-order valence-electron chi connectivity index (χ2n) is 7.11. The first-order chi connectivity index (χ1) is 12.9. The van der Waals surface area contributed by atoms with E-state index in [1.165, 1.54) is 0 Å². The van der Waals surface area contributed by atoms with Crippen molar-refractivity contribution in [3.63, 3.8) is 0 Å². The minimum Gasteiger partial charge on any atom is -0.489 e. The quantitative estimate of drug-likeness (QED) is 0.529. The molecule has 1 aliphatic carbocycles. The van der Waals surface area contributed by atoms with Gasteiger partial charge in [-0.05, 0) is 23.8 Å². The fourth-order valence-corrected chi connectivity index (χ4v) is 2.40. The molecule has 0 aromatic heterocycles. The lowest BCUT2D eigenvalue weighted by Gasteiger charge is -2.23. The molecule has 0 fully saturated rings. The van der Waals surface area contributed by atoms with E-state index in [2.05, 4.69) is 10.6 Å². The minimum absolute atomic E-state index is 0.0331. The largest absolute Gasteiger partial charge is 0.489 e. The first-order valence-corrected chi connectivity index (χ1v) is 8.83. The van der Waals surface area contributed by atoms with Crippen molar-refractivity contribution in [3.8, 4) is 0 Å². The van der Waals surface area contributed by atoms with Crippen LogP contribution in [0.3, 0.4) is 0 Å². The van der Waals surface area contributed by atoms with Gasteiger partial charge in [0.1, 0.15) is 18.1 Å². The average molecular weight is 369 g/mol. The molecular weight excluding hydrogens is 342 g/mol. The lowest BCUT2D eigenvalue weighted by atomic mass is 9.95. The molecule has 6 nitrogen and oxygen atoms in total. The van der Waals surface area contributed by atoms with Crippen LogP contribution in [0.4, 0.5) is 0 Å². The molecule has 1 aromatic carbocycles. The number of hydrogen-bond donors (Lipinski definition) is 4. The number of allylic oxidation sites excluding steroid dienone is 4. The second-order valence-corrected chi connectivity index (χ2v) is 7.11. The minimum atomic E-state index is -0.418. The van der Waals surface area contributed by atoms with Gasteiger partial charge in [-0.25, -0.2) is 0 Å². The van der Waals surface area contributed by atoms with Crippen molar-refractivity contribution < 1.29 is 14.6 Å². The smallest absolute Gasteiger partial charge is 0.268 e. The number of carbonyl (C=O) groups is 1. The van der Waals surface area contributed by atoms with E-state index in [9.17, 15) is 9.90 Å². The number of benzene rings is 1. The van der Waals surface area contributed by atoms with Crippen molar-refractivity contribution in [1.29, 1.82) is 5.41 Å². The van der Waals surface area contributed by atoms with Crippen LogP contribution < -0.4 is 10.6 Å². The maximum absolute atomic E-state index is 12.6. The molecule has 1 aromatic rings. The predicted octanol–water partition coefficient (Wildman–Crippen LogP) is 2.28. The molecule has 1 amide bonds. The summed E-state index contributed by atoms with van der Waals surface area (Å²) in [6.45, 7) is 4.42. The van der Waals surface area contributed by atoms with E-state index >= 15 is 0 Å². The van der Waals surface area contributed by atoms with Gasteiger partial charge < -0.3 is 25.9 Å². The van der Waals surface area contributed by atoms with E-state index in [1.807, 2.05) is 44.2 Å². The standard InChI is InChI=1S/C21H27N3O3/c1-21(2,14-25)13-24-20(26)19(23-3)17-11-16(9-10-18(17)22)27-12-15-7-5-4-6-8-15/h4-11,22-23,25H,12-14H2,1-3H3,(H,24,26)/b19-17-,22-18?. The number of amides is 1. The molecule has 6 heteroatoms. The molecule has 144 valence electrons. The molecule has 2 rings (SSSR count). The summed E-state index contributed by atoms with van der Waals surface area (Å²) in [5, 5.41) is 23.2. The van der Waals surface area contributed by atoms with Crippen molar-refractivity contribution >= 4 is 11.6 Å². The molecule has 0 bridgehead atoms. The summed E-state index contributed by atoms with van der Waals surface area (Å²) < 4.78 is 5.80. The molecule has 1 aliphatic rings. The zero-order chi connectivity index (χ0) is 19.9. The van der Waals surface area contributed by atoms with Crippen molar-refractivity contribution in [2.45, 2.75) is 20.5 Å². The van der Waals surface area contributed by atoms with Crippen LogP contribution in [0.25, 0.3) is 0 Å². The van der Waals surface area contributed by atoms with Gasteiger partial charge in [0.15, 0.2) is 0 Å². The van der Waals surface area contributed by atoms with Crippen LogP contribution in [0.2, 0.25) is 0 Å². The maximum atomic E-state index is 12.6. The van der Waals surface area contributed by atoms with Crippen molar-refractivity contribution in [2.75, 3.05) is 20.2 Å². The van der Waals surface area contributed by atoms with E-state index in [1.54, 1.807) is 25.3 Å². The molecule has 0 aliphatic heterocycles. The SMILES string of the molecule is CN/C(C(=O)NCC(C)(C)CO)=C1/C=C(OCc2ccccc2)C=CC1=N. The third-order valence-corrected chi connectivity index (χ3v) is 4.14. The number of hydrogen-bond acceptors (Lipinski definition) is 5. The van der Waals surface area contributed by atoms with Crippen LogP contribution >= 0.6 is 0 Å². The van der Waals surface area contributed by atoms with E-state index < -0.39 is 5.41 Å². The zero-order valence-corrected chi connectivity index (χ0v) is 16.0. The van der Waals surface area contributed by atoms with Gasteiger partial charge in [-0.1, -0.05) is 44.2 Å². The zero-order valence-electron chi connectivity index (χ0n) is 16.0. The Balaban J connectivity index is 2.15. The van der Waals surface area contributed by atoms with Crippen LogP contribution in [0, 0.1) is 10.8 Å². The highest BCUT2D eigenvalue weighted by Crippen LogP contribution is 2.19. The fraction of sp³-hybridized carbons (Fsp3) is 0.333. The summed E-state index contributed by atoms with van der Waals surface area (Å²) in [6.07, 6.45) is 5.01. The number of ether oxygens (including phenoxy) is 1. The molecule has 0 saturated heterocycles. The molecule has 27 heavy (non-hydrogen) atoms. The van der Waals surface area contributed by atoms with Crippen LogP contribution in [-0.4, -0.2) is 36.9 Å². The number of likely N-dealkylation sites (N-methyl/N-ethyl adjacent to an activating group) is 1. The molecule has 0 atom stereocenters. The first kappa shape index (κ1) is 20.5. The highest BCUT2D eigenvalue weighted by Gasteiger charge is 2.22. The highest BCUT2D eigenvalue weighted by molar-refractivity contribution is 6.14. The summed E-state index contributed by atoms with van der Waals surface area (Å²) in [7, 11) is 1.64. The van der Waals surface area contributed by atoms with Crippen LogP contribution in [0.5, 0.6) is 0 Å². The van der Waals surface area contributed by atoms with Gasteiger partial charge in [-0.2, -0.15) is 0 Å². The third kappa shape index (κ3) is 5.82. The second kappa shape index (κ2) is 9.19. The topological polar surface area (TPSA) is 94.4 Å². The highest BCUT2D eigenvalue weighted by atomic mass is 16.5. The molecular formula is C21H27N3O3. The van der Waals surface area contributed by atoms with E-state index in [-0.39, 0.29) is 18.2 Å². The Kier molecular flexibility index (Phi) is 6.96. The van der Waals surface area contributed by atoms with Gasteiger partial charge >= 0.3 is 0 Å². The molecule has 0 radical (unpaired) electrons. The van der Waals surface area contributed by atoms with Crippen LogP contribution in [0.1, 0.15) is 19.4 Å². The molecule has 0 spiro atoms. The lowest BCUT2D eigenvalue weighted by Crippen LogP contribution is -2.39. The average Bonchev–Trinajstić information content (AvgIpc) is 2.68. The van der Waals surface area contributed by atoms with E-state index in [0.29, 0.717) is 30.2 Å². The van der Waals surface area contributed by atoms with Gasteiger partial charge in [-0.3, -0.25) is 4.79 Å². The van der Waals surface area contributed by atoms with Gasteiger partial charge in [-0.15, -0.1) is 0 Å². The first-order valence-electron chi connectivity index (χ1n) is 8.83. The lowest BCUT2D eigenvalue weighted by molar-refractivity contribution is -0.118. The van der Waals surface area contributed by atoms with Crippen molar-refractivity contribution in [1.82, 2.24) is 10.6 Å². The third-order valence-electron chi connectivity index (χ3n) is 4.14. The van der Waals surface area contributed by atoms with Gasteiger partial charge in [0.2, 0.25) is 0 Å². The number of rotatable bonds is 8. The maximum Gasteiger partial charge on any atom is 0.268 e. The summed E-state index contributed by atoms with van der Waals surface area (Å²) in [4.78, 5) is 12.6. The Morgan fingerprint density at radius 1 is 1.22 bits per heavy atom. The Morgan fingerprint density at radius 2 is 1.93 bits per heavy atom. The summed E-state index contributed by atoms with van der Waals surface area (Å²) >= 11 is 0. The fourth-order valence-electron chi connectivity index (χ4n) is 2.40. The van der Waals surface area contributed by atoms with Crippen molar-refractivity contribution in [2.24, 2.45) is 5.41 Å². The molecule has 0 unspecified atom stereocenters. The predicted molar refractivity (Wildman–Crippen MR) is 106 cm³/mol. The Bertz CT molecular complexity index is 777. The Morgan fingerprint density at radius 3 is 2.56 bits per heavy atom. The number of nitrogens with one attached hydrogen (secondary N) is 3. The Labute approximate surface area is 160 Å². The number of aliphatic hydroxyl groups excluding tert-OH is 1. The molecule has 0 heterocycles. The van der Waals surface area contributed by atoms with Crippen LogP contribution in [-0.2, 0) is 16.1 Å². The van der Waals surface area contributed by atoms with Gasteiger partial charge in [0, 0.05) is 31.2 Å². The Hall–Kier alpha value is -2.86. The molecule has 0 saturated carbocycles. The van der Waals surface area contributed by atoms with E-state index in [4.69, 9.17) is 10.1 Å². The number of carbonyl (C=O) groups excluding carboxylic acids is 1. The van der Waals surface area contributed by atoms with Gasteiger partial charge in [0.25, 0.3) is 5.91 Å². The summed E-state index contributed by atoms with van der Waals surface area (Å²) in [5.74, 6) is 0.258. The van der Waals surface area contributed by atoms with Crippen molar-refractivity contribution in [3.05, 3.63) is 71.2 Å². The molecule has 4 N–H and O–H groups in total.